The molecule has 1 heterocycles. The Labute approximate surface area is 135 Å². The van der Waals surface area contributed by atoms with Gasteiger partial charge in [-0.3, -0.25) is 14.7 Å². The fourth-order valence-corrected chi connectivity index (χ4v) is 3.10. The highest BCUT2D eigenvalue weighted by Crippen LogP contribution is 2.31. The fraction of sp³-hybridized carbons (Fsp3) is 0.471. The molecule has 6 heteroatoms. The van der Waals surface area contributed by atoms with Crippen LogP contribution in [0.1, 0.15) is 44.1 Å². The molecular weight excluding hydrogens is 292 g/mol. The summed E-state index contributed by atoms with van der Waals surface area (Å²) < 4.78 is 1.79. The van der Waals surface area contributed by atoms with Gasteiger partial charge in [-0.15, -0.1) is 10.2 Å². The predicted octanol–water partition coefficient (Wildman–Crippen LogP) is 2.35. The van der Waals surface area contributed by atoms with Crippen molar-refractivity contribution in [2.45, 2.75) is 50.7 Å². The van der Waals surface area contributed by atoms with Gasteiger partial charge in [0.2, 0.25) is 11.9 Å². The number of nitrogens with one attached hydrogen (secondary N) is 1. The van der Waals surface area contributed by atoms with Gasteiger partial charge in [0.05, 0.1) is 18.6 Å². The van der Waals surface area contributed by atoms with Gasteiger partial charge in [-0.1, -0.05) is 49.6 Å². The van der Waals surface area contributed by atoms with Crippen LogP contribution in [0.4, 0.5) is 5.95 Å². The van der Waals surface area contributed by atoms with Crippen molar-refractivity contribution in [2.75, 3.05) is 5.32 Å². The summed E-state index contributed by atoms with van der Waals surface area (Å²) in [6.07, 6.45) is 6.19. The van der Waals surface area contributed by atoms with E-state index in [1.807, 2.05) is 30.3 Å². The lowest BCUT2D eigenvalue weighted by Gasteiger charge is -2.31. The van der Waals surface area contributed by atoms with E-state index in [0.29, 0.717) is 25.3 Å². The molecule has 0 unspecified atom stereocenters. The van der Waals surface area contributed by atoms with Crippen molar-refractivity contribution < 1.29 is 9.90 Å². The molecule has 1 aliphatic carbocycles. The van der Waals surface area contributed by atoms with Crippen LogP contribution in [0.2, 0.25) is 0 Å². The summed E-state index contributed by atoms with van der Waals surface area (Å²) in [5, 5.41) is 21.1. The molecule has 122 valence electrons. The number of anilines is 1. The lowest BCUT2D eigenvalue weighted by atomic mass is 9.82. The number of benzene rings is 1. The smallest absolute Gasteiger partial charge is 0.231 e. The molecule has 2 aromatic rings. The Morgan fingerprint density at radius 2 is 1.96 bits per heavy atom. The van der Waals surface area contributed by atoms with Gasteiger partial charge in [-0.2, -0.15) is 0 Å². The summed E-state index contributed by atoms with van der Waals surface area (Å²) >= 11 is 0. The van der Waals surface area contributed by atoms with Crippen molar-refractivity contribution in [3.8, 4) is 0 Å². The van der Waals surface area contributed by atoms with Crippen LogP contribution in [0, 0.1) is 0 Å². The number of carbonyl (C=O) groups excluding carboxylic acids is 1. The van der Waals surface area contributed by atoms with E-state index >= 15 is 0 Å². The molecule has 0 aliphatic heterocycles. The highest BCUT2D eigenvalue weighted by molar-refractivity contribution is 5.89. The van der Waals surface area contributed by atoms with Gasteiger partial charge in [0, 0.05) is 0 Å². The Kier molecular flexibility index (Phi) is 4.71. The zero-order chi connectivity index (χ0) is 16.1. The first-order chi connectivity index (χ1) is 11.1. The highest BCUT2D eigenvalue weighted by atomic mass is 16.3. The number of hydrogen-bond acceptors (Lipinski definition) is 4. The summed E-state index contributed by atoms with van der Waals surface area (Å²) in [5.74, 6) is 0.204. The lowest BCUT2D eigenvalue weighted by Crippen LogP contribution is -2.36. The molecule has 2 N–H and O–H groups in total. The van der Waals surface area contributed by atoms with E-state index in [1.54, 1.807) is 10.9 Å². The molecule has 1 aromatic carbocycles. The first-order valence-corrected chi connectivity index (χ1v) is 8.09. The van der Waals surface area contributed by atoms with E-state index in [2.05, 4.69) is 15.5 Å². The number of carbonyl (C=O) groups is 1. The van der Waals surface area contributed by atoms with Crippen molar-refractivity contribution in [3.63, 3.8) is 0 Å². The monoisotopic (exact) mass is 314 g/mol. The van der Waals surface area contributed by atoms with Crippen LogP contribution in [0.25, 0.3) is 0 Å². The SMILES string of the molecule is O=C(CC1(O)CCCCC1)Nc1nncn1Cc1ccccc1. The Bertz CT molecular complexity index is 648. The zero-order valence-corrected chi connectivity index (χ0v) is 13.1. The molecule has 3 rings (SSSR count). The number of amides is 1. The van der Waals surface area contributed by atoms with Crippen LogP contribution in [0.5, 0.6) is 0 Å². The van der Waals surface area contributed by atoms with E-state index < -0.39 is 5.60 Å². The topological polar surface area (TPSA) is 80.0 Å². The average molecular weight is 314 g/mol. The summed E-state index contributed by atoms with van der Waals surface area (Å²) in [6.45, 7) is 0.591. The lowest BCUT2D eigenvalue weighted by molar-refractivity contribution is -0.122. The first-order valence-electron chi connectivity index (χ1n) is 8.09. The third kappa shape index (κ3) is 4.16. The molecule has 1 amide bonds. The van der Waals surface area contributed by atoms with Gasteiger partial charge in [0.25, 0.3) is 0 Å². The van der Waals surface area contributed by atoms with Gasteiger partial charge in [-0.05, 0) is 18.4 Å². The molecule has 1 aromatic heterocycles. The largest absolute Gasteiger partial charge is 0.389 e. The van der Waals surface area contributed by atoms with Gasteiger partial charge >= 0.3 is 0 Å². The Morgan fingerprint density at radius 3 is 2.70 bits per heavy atom. The number of aromatic nitrogens is 3. The second kappa shape index (κ2) is 6.91. The predicted molar refractivity (Wildman–Crippen MR) is 86.8 cm³/mol. The Morgan fingerprint density at radius 1 is 1.22 bits per heavy atom. The van der Waals surface area contributed by atoms with E-state index in [4.69, 9.17) is 0 Å². The van der Waals surface area contributed by atoms with Crippen LogP contribution in [0.3, 0.4) is 0 Å². The maximum atomic E-state index is 12.2. The zero-order valence-electron chi connectivity index (χ0n) is 13.1. The minimum absolute atomic E-state index is 0.116. The Balaban J connectivity index is 1.62. The minimum Gasteiger partial charge on any atom is -0.389 e. The third-order valence-corrected chi connectivity index (χ3v) is 4.34. The van der Waals surface area contributed by atoms with Crippen LogP contribution in [-0.4, -0.2) is 31.4 Å². The Hall–Kier alpha value is -2.21. The van der Waals surface area contributed by atoms with E-state index in [9.17, 15) is 9.90 Å². The molecular formula is C17H22N4O2. The average Bonchev–Trinajstić information content (AvgIpc) is 2.95. The molecule has 6 nitrogen and oxygen atoms in total. The van der Waals surface area contributed by atoms with Crippen molar-refractivity contribution in [1.29, 1.82) is 0 Å². The molecule has 0 bridgehead atoms. The number of hydrogen-bond donors (Lipinski definition) is 2. The first kappa shape index (κ1) is 15.7. The molecule has 1 saturated carbocycles. The van der Waals surface area contributed by atoms with E-state index in [0.717, 1.165) is 24.8 Å². The maximum Gasteiger partial charge on any atom is 0.231 e. The van der Waals surface area contributed by atoms with Crippen LogP contribution in [0.15, 0.2) is 36.7 Å². The van der Waals surface area contributed by atoms with Crippen molar-refractivity contribution in [3.05, 3.63) is 42.2 Å². The van der Waals surface area contributed by atoms with Crippen LogP contribution >= 0.6 is 0 Å². The summed E-state index contributed by atoms with van der Waals surface area (Å²) in [5.41, 5.74) is 0.237. The molecule has 0 saturated heterocycles. The van der Waals surface area contributed by atoms with E-state index in [-0.39, 0.29) is 12.3 Å². The highest BCUT2D eigenvalue weighted by Gasteiger charge is 2.32. The second-order valence-corrected chi connectivity index (χ2v) is 6.28. The molecule has 0 radical (unpaired) electrons. The number of rotatable bonds is 5. The second-order valence-electron chi connectivity index (χ2n) is 6.28. The van der Waals surface area contributed by atoms with Crippen molar-refractivity contribution in [2.24, 2.45) is 0 Å². The number of aliphatic hydroxyl groups is 1. The third-order valence-electron chi connectivity index (χ3n) is 4.34. The molecule has 1 aliphatic rings. The van der Waals surface area contributed by atoms with Crippen LogP contribution in [-0.2, 0) is 11.3 Å². The molecule has 0 atom stereocenters. The standard InChI is InChI=1S/C17H22N4O2/c22-15(11-17(23)9-5-2-6-10-17)19-16-20-18-13-21(16)12-14-7-3-1-4-8-14/h1,3-4,7-8,13,23H,2,5-6,9-12H2,(H,19,20,22). The van der Waals surface area contributed by atoms with Gasteiger partial charge in [0.1, 0.15) is 6.33 Å². The summed E-state index contributed by atoms with van der Waals surface area (Å²) in [7, 11) is 0. The fourth-order valence-electron chi connectivity index (χ4n) is 3.10. The van der Waals surface area contributed by atoms with Gasteiger partial charge < -0.3 is 5.11 Å². The minimum atomic E-state index is -0.868. The van der Waals surface area contributed by atoms with Crippen LogP contribution < -0.4 is 5.32 Å². The molecule has 0 spiro atoms. The van der Waals surface area contributed by atoms with Crippen molar-refractivity contribution in [1.82, 2.24) is 14.8 Å². The number of nitrogens with zero attached hydrogens (tertiary/aromatic N) is 3. The van der Waals surface area contributed by atoms with Crippen molar-refractivity contribution >= 4 is 11.9 Å². The quantitative estimate of drug-likeness (QED) is 0.888. The van der Waals surface area contributed by atoms with Gasteiger partial charge in [0.15, 0.2) is 0 Å². The van der Waals surface area contributed by atoms with E-state index in [1.165, 1.54) is 0 Å². The molecule has 23 heavy (non-hydrogen) atoms. The summed E-state index contributed by atoms with van der Waals surface area (Å²) in [4.78, 5) is 12.2. The van der Waals surface area contributed by atoms with Gasteiger partial charge in [-0.25, -0.2) is 0 Å². The normalized spacial score (nSPS) is 16.9. The maximum absolute atomic E-state index is 12.2. The summed E-state index contributed by atoms with van der Waals surface area (Å²) in [6, 6.07) is 9.92. The molecule has 1 fully saturated rings.